The summed E-state index contributed by atoms with van der Waals surface area (Å²) >= 11 is 0. The van der Waals surface area contributed by atoms with Gasteiger partial charge >= 0.3 is 5.97 Å². The second-order valence-corrected chi connectivity index (χ2v) is 8.77. The van der Waals surface area contributed by atoms with Crippen molar-refractivity contribution in [2.75, 3.05) is 0 Å². The van der Waals surface area contributed by atoms with Gasteiger partial charge in [0.15, 0.2) is 0 Å². The van der Waals surface area contributed by atoms with Crippen LogP contribution in [0.1, 0.15) is 40.5 Å². The second-order valence-electron chi connectivity index (χ2n) is 7.05. The molecule has 2 aliphatic carbocycles. The van der Waals surface area contributed by atoms with Gasteiger partial charge in [-0.3, -0.25) is 8.98 Å². The Bertz CT molecular complexity index is 538. The van der Waals surface area contributed by atoms with Gasteiger partial charge in [-0.25, -0.2) is 0 Å². The molecule has 20 heavy (non-hydrogen) atoms. The summed E-state index contributed by atoms with van der Waals surface area (Å²) in [7, 11) is -3.48. The number of carbonyl (C=O) groups excluding carboxylic acids is 1. The van der Waals surface area contributed by atoms with Crippen LogP contribution in [0.3, 0.4) is 0 Å². The minimum absolute atomic E-state index is 0.00235. The number of hydrogen-bond donors (Lipinski definition) is 0. The quantitative estimate of drug-likeness (QED) is 0.586. The Morgan fingerprint density at radius 1 is 1.35 bits per heavy atom. The highest BCUT2D eigenvalue weighted by atomic mass is 32.2. The first-order valence-electron chi connectivity index (χ1n) is 7.32. The Morgan fingerprint density at radius 3 is 2.60 bits per heavy atom. The third kappa shape index (κ3) is 1.77. The molecule has 1 aliphatic heterocycles. The molecule has 6 heteroatoms. The lowest BCUT2D eigenvalue weighted by atomic mass is 9.85. The molecule has 5 nitrogen and oxygen atoms in total. The number of fused-ring (bicyclic) bond motifs is 1. The number of esters is 1. The molecule has 0 aromatic heterocycles. The van der Waals surface area contributed by atoms with E-state index in [1.807, 2.05) is 27.7 Å². The van der Waals surface area contributed by atoms with Crippen LogP contribution in [0.2, 0.25) is 0 Å². The Balaban J connectivity index is 1.83. The van der Waals surface area contributed by atoms with Crippen molar-refractivity contribution in [1.29, 1.82) is 0 Å². The zero-order valence-electron chi connectivity index (χ0n) is 12.3. The van der Waals surface area contributed by atoms with E-state index in [1.54, 1.807) is 0 Å². The first kappa shape index (κ1) is 14.3. The van der Waals surface area contributed by atoms with Crippen LogP contribution >= 0.6 is 0 Å². The predicted octanol–water partition coefficient (Wildman–Crippen LogP) is 1.72. The van der Waals surface area contributed by atoms with E-state index in [0.717, 1.165) is 6.42 Å². The molecular weight excluding hydrogens is 280 g/mol. The third-order valence-electron chi connectivity index (χ3n) is 5.59. The lowest BCUT2D eigenvalue weighted by Gasteiger charge is -2.32. The van der Waals surface area contributed by atoms with Gasteiger partial charge < -0.3 is 4.74 Å². The van der Waals surface area contributed by atoms with Gasteiger partial charge in [0.2, 0.25) is 0 Å². The molecule has 6 unspecified atom stereocenters. The van der Waals surface area contributed by atoms with E-state index in [1.165, 1.54) is 0 Å². The van der Waals surface area contributed by atoms with Crippen molar-refractivity contribution in [2.45, 2.75) is 58.0 Å². The maximum atomic E-state index is 12.2. The molecule has 0 radical (unpaired) electrons. The summed E-state index contributed by atoms with van der Waals surface area (Å²) in [6.07, 6.45) is 0.624. The second kappa shape index (κ2) is 4.19. The van der Waals surface area contributed by atoms with Crippen molar-refractivity contribution in [3.63, 3.8) is 0 Å². The molecule has 0 spiro atoms. The topological polar surface area (TPSA) is 69.7 Å². The van der Waals surface area contributed by atoms with Gasteiger partial charge in [-0.1, -0.05) is 13.8 Å². The molecule has 3 rings (SSSR count). The summed E-state index contributed by atoms with van der Waals surface area (Å²) in [6, 6.07) is 0. The van der Waals surface area contributed by atoms with E-state index in [9.17, 15) is 13.2 Å². The smallest absolute Gasteiger partial charge is 0.311 e. The van der Waals surface area contributed by atoms with E-state index in [0.29, 0.717) is 6.42 Å². The molecule has 1 heterocycles. The number of hydrogen-bond acceptors (Lipinski definition) is 5. The Kier molecular flexibility index (Phi) is 3.00. The van der Waals surface area contributed by atoms with Crippen molar-refractivity contribution in [2.24, 2.45) is 23.2 Å². The molecule has 0 aromatic rings. The highest BCUT2D eigenvalue weighted by molar-refractivity contribution is 7.87. The molecule has 2 saturated carbocycles. The van der Waals surface area contributed by atoms with Crippen molar-refractivity contribution >= 4 is 16.1 Å². The van der Waals surface area contributed by atoms with Crippen LogP contribution in [0.15, 0.2) is 0 Å². The van der Waals surface area contributed by atoms with E-state index in [-0.39, 0.29) is 23.7 Å². The van der Waals surface area contributed by atoms with Crippen LogP contribution in [0.5, 0.6) is 0 Å². The van der Waals surface area contributed by atoms with E-state index >= 15 is 0 Å². The van der Waals surface area contributed by atoms with Crippen LogP contribution in [0.4, 0.5) is 0 Å². The van der Waals surface area contributed by atoms with Crippen molar-refractivity contribution in [1.82, 2.24) is 0 Å². The van der Waals surface area contributed by atoms with Crippen molar-refractivity contribution in [3.8, 4) is 0 Å². The lowest BCUT2D eigenvalue weighted by Crippen LogP contribution is -2.43. The Labute approximate surface area is 120 Å². The standard InChI is InChI=1S/C14H22O5S/c1-5-14(3,4)13(15)18-10-8-6-9-11(10)19-20(16,17)12(9)7(8)2/h7-12H,5-6H2,1-4H3. The zero-order valence-corrected chi connectivity index (χ0v) is 13.1. The normalized spacial score (nSPS) is 44.8. The minimum atomic E-state index is -3.48. The van der Waals surface area contributed by atoms with Gasteiger partial charge in [-0.05, 0) is 32.6 Å². The fraction of sp³-hybridized carbons (Fsp3) is 0.929. The fourth-order valence-corrected chi connectivity index (χ4v) is 6.05. The number of ether oxygens (including phenoxy) is 1. The maximum Gasteiger partial charge on any atom is 0.311 e. The van der Waals surface area contributed by atoms with Gasteiger partial charge in [-0.15, -0.1) is 0 Å². The summed E-state index contributed by atoms with van der Waals surface area (Å²) in [5, 5.41) is -0.397. The molecule has 6 atom stereocenters. The lowest BCUT2D eigenvalue weighted by molar-refractivity contribution is -0.167. The molecule has 0 aromatic carbocycles. The largest absolute Gasteiger partial charge is 0.459 e. The zero-order chi connectivity index (χ0) is 14.9. The van der Waals surface area contributed by atoms with E-state index in [4.69, 9.17) is 8.92 Å². The highest BCUT2D eigenvalue weighted by Gasteiger charge is 2.68. The average molecular weight is 302 g/mol. The fourth-order valence-electron chi connectivity index (χ4n) is 3.94. The van der Waals surface area contributed by atoms with Crippen LogP contribution < -0.4 is 0 Å². The summed E-state index contributed by atoms with van der Waals surface area (Å²) in [5.41, 5.74) is -0.540. The van der Waals surface area contributed by atoms with Crippen LogP contribution in [-0.4, -0.2) is 31.8 Å². The van der Waals surface area contributed by atoms with Crippen LogP contribution in [-0.2, 0) is 23.8 Å². The summed E-state index contributed by atoms with van der Waals surface area (Å²) < 4.78 is 34.9. The Morgan fingerprint density at radius 2 is 2.00 bits per heavy atom. The SMILES string of the molecule is CCC(C)(C)C(=O)OC1C2CC3C1OS(=O)(=O)C3C2C. The Hall–Kier alpha value is -0.620. The first-order chi connectivity index (χ1) is 9.19. The van der Waals surface area contributed by atoms with Gasteiger partial charge in [0.1, 0.15) is 12.2 Å². The predicted molar refractivity (Wildman–Crippen MR) is 72.3 cm³/mol. The highest BCUT2D eigenvalue weighted by Crippen LogP contribution is 2.58. The number of rotatable bonds is 3. The number of carbonyl (C=O) groups is 1. The first-order valence-corrected chi connectivity index (χ1v) is 8.79. The summed E-state index contributed by atoms with van der Waals surface area (Å²) in [6.45, 7) is 7.57. The van der Waals surface area contributed by atoms with Gasteiger partial charge in [0, 0.05) is 11.8 Å². The van der Waals surface area contributed by atoms with Gasteiger partial charge in [0.05, 0.1) is 10.7 Å². The molecule has 0 amide bonds. The van der Waals surface area contributed by atoms with Crippen molar-refractivity contribution < 1.29 is 22.1 Å². The molecule has 3 fully saturated rings. The van der Waals surface area contributed by atoms with E-state index < -0.39 is 33.0 Å². The van der Waals surface area contributed by atoms with Crippen LogP contribution in [0.25, 0.3) is 0 Å². The van der Waals surface area contributed by atoms with Gasteiger partial charge in [-0.2, -0.15) is 8.42 Å². The summed E-state index contributed by atoms with van der Waals surface area (Å²) in [4.78, 5) is 12.2. The van der Waals surface area contributed by atoms with Crippen LogP contribution in [0, 0.1) is 23.2 Å². The summed E-state index contributed by atoms with van der Waals surface area (Å²) in [5.74, 6) is -0.132. The minimum Gasteiger partial charge on any atom is -0.459 e. The average Bonchev–Trinajstić information content (AvgIpc) is 2.92. The molecule has 0 N–H and O–H groups in total. The molecule has 114 valence electrons. The van der Waals surface area contributed by atoms with Gasteiger partial charge in [0.25, 0.3) is 10.1 Å². The third-order valence-corrected chi connectivity index (χ3v) is 7.52. The monoisotopic (exact) mass is 302 g/mol. The van der Waals surface area contributed by atoms with E-state index in [2.05, 4.69) is 0 Å². The molecule has 2 bridgehead atoms. The van der Waals surface area contributed by atoms with Crippen molar-refractivity contribution in [3.05, 3.63) is 0 Å². The maximum absolute atomic E-state index is 12.2. The molecule has 1 saturated heterocycles. The molecule has 3 aliphatic rings. The molecular formula is C14H22O5S.